The number of carbonyl (C=O) groups is 4. The van der Waals surface area contributed by atoms with E-state index in [0.717, 1.165) is 6.07 Å². The van der Waals surface area contributed by atoms with Crippen LogP contribution in [-0.4, -0.2) is 60.7 Å². The number of rotatable bonds is 10. The van der Waals surface area contributed by atoms with Gasteiger partial charge >= 0.3 is 0 Å². The molecule has 1 aliphatic heterocycles. The van der Waals surface area contributed by atoms with Gasteiger partial charge in [-0.15, -0.1) is 0 Å². The molecule has 0 saturated carbocycles. The number of fused-ring (bicyclic) bond motifs is 1. The lowest BCUT2D eigenvalue weighted by atomic mass is 10.1. The molecule has 1 aromatic heterocycles. The molecule has 1 aliphatic rings. The van der Waals surface area contributed by atoms with Gasteiger partial charge in [0.1, 0.15) is 22.9 Å². The molecule has 3 aromatic carbocycles. The van der Waals surface area contributed by atoms with Gasteiger partial charge in [0.05, 0.1) is 38.6 Å². The summed E-state index contributed by atoms with van der Waals surface area (Å²) >= 11 is 0. The summed E-state index contributed by atoms with van der Waals surface area (Å²) in [6.07, 6.45) is 1.26. The van der Waals surface area contributed by atoms with E-state index in [1.807, 2.05) is 0 Å². The van der Waals surface area contributed by atoms with Crippen LogP contribution in [0.15, 0.2) is 78.5 Å². The van der Waals surface area contributed by atoms with Crippen LogP contribution in [0.4, 0.5) is 14.5 Å². The van der Waals surface area contributed by atoms with Crippen molar-refractivity contribution in [2.75, 3.05) is 32.7 Å². The Bertz CT molecular complexity index is 1820. The van der Waals surface area contributed by atoms with Gasteiger partial charge in [0.25, 0.3) is 11.8 Å². The summed E-state index contributed by atoms with van der Waals surface area (Å²) in [4.78, 5) is 56.7. The van der Waals surface area contributed by atoms with E-state index >= 15 is 4.39 Å². The number of ether oxygens (including phenoxy) is 2. The van der Waals surface area contributed by atoms with Crippen LogP contribution in [-0.2, 0) is 20.8 Å². The molecule has 0 fully saturated rings. The molecule has 0 aliphatic carbocycles. The number of benzene rings is 3. The summed E-state index contributed by atoms with van der Waals surface area (Å²) in [7, 11) is 2.99. The summed E-state index contributed by atoms with van der Waals surface area (Å²) in [5, 5.41) is 5.55. The first-order valence-electron chi connectivity index (χ1n) is 13.3. The Hall–Kier alpha value is -5.65. The van der Waals surface area contributed by atoms with Crippen LogP contribution in [0.5, 0.6) is 11.5 Å². The van der Waals surface area contributed by atoms with Gasteiger partial charge < -0.3 is 25.0 Å². The molecule has 44 heavy (non-hydrogen) atoms. The van der Waals surface area contributed by atoms with Gasteiger partial charge in [0.2, 0.25) is 5.78 Å². The highest BCUT2D eigenvalue weighted by Gasteiger charge is 2.26. The van der Waals surface area contributed by atoms with Crippen LogP contribution >= 0.6 is 0 Å². The highest BCUT2D eigenvalue weighted by atomic mass is 19.1. The molecule has 4 aromatic rings. The summed E-state index contributed by atoms with van der Waals surface area (Å²) in [5.74, 6) is -2.76. The number of ketones is 2. The summed E-state index contributed by atoms with van der Waals surface area (Å²) in [5.41, 5.74) is 0.565. The molecular weight excluding hydrogens is 574 g/mol. The standard InChI is InChI=1S/C32H26F2N4O6/c1-43-28-13-19-5-10-26(36-27(19)14-29(28)44-2)30(40)20-6-9-25(24(34)12-20)37-32(42)23-16-38(17-35-31(23)41)15-22(39)11-18-3-7-21(33)8-4-18/h3-10,12-14,16H,11,15,17H2,1-2H3,(H,35,41)(H,37,42). The maximum absolute atomic E-state index is 15.1. The Morgan fingerprint density at radius 1 is 0.955 bits per heavy atom. The summed E-state index contributed by atoms with van der Waals surface area (Å²) in [6, 6.07) is 15.6. The summed E-state index contributed by atoms with van der Waals surface area (Å²) < 4.78 is 38.8. The molecule has 0 spiro atoms. The van der Waals surface area contributed by atoms with E-state index in [0.29, 0.717) is 28.0 Å². The Morgan fingerprint density at radius 3 is 2.39 bits per heavy atom. The highest BCUT2D eigenvalue weighted by molar-refractivity contribution is 6.23. The molecule has 5 rings (SSSR count). The number of pyridine rings is 1. The minimum atomic E-state index is -0.906. The number of methoxy groups -OCH3 is 2. The lowest BCUT2D eigenvalue weighted by Gasteiger charge is -2.26. The van der Waals surface area contributed by atoms with Gasteiger partial charge in [-0.1, -0.05) is 18.2 Å². The number of aromatic nitrogens is 1. The van der Waals surface area contributed by atoms with Crippen LogP contribution in [0, 0.1) is 11.6 Å². The highest BCUT2D eigenvalue weighted by Crippen LogP contribution is 2.31. The zero-order chi connectivity index (χ0) is 31.4. The number of hydrogen-bond acceptors (Lipinski definition) is 8. The molecule has 2 N–H and O–H groups in total. The number of hydrogen-bond donors (Lipinski definition) is 2. The van der Waals surface area contributed by atoms with E-state index in [4.69, 9.17) is 9.47 Å². The number of halogens is 2. The zero-order valence-electron chi connectivity index (χ0n) is 23.6. The first-order valence-corrected chi connectivity index (χ1v) is 13.3. The summed E-state index contributed by atoms with van der Waals surface area (Å²) in [6.45, 7) is -0.137. The fraction of sp³-hybridized carbons (Fsp3) is 0.156. The van der Waals surface area contributed by atoms with Crippen molar-refractivity contribution < 1.29 is 37.4 Å². The van der Waals surface area contributed by atoms with Crippen molar-refractivity contribution in [2.45, 2.75) is 6.42 Å². The number of nitrogens with one attached hydrogen (secondary N) is 2. The van der Waals surface area contributed by atoms with Gasteiger partial charge in [-0.05, 0) is 48.0 Å². The molecule has 0 bridgehead atoms. The average Bonchev–Trinajstić information content (AvgIpc) is 3.02. The average molecular weight is 601 g/mol. The smallest absolute Gasteiger partial charge is 0.262 e. The maximum Gasteiger partial charge on any atom is 0.262 e. The third-order valence-electron chi connectivity index (χ3n) is 6.84. The van der Waals surface area contributed by atoms with Crippen LogP contribution in [0.3, 0.4) is 0 Å². The Kier molecular flexibility index (Phi) is 8.61. The van der Waals surface area contributed by atoms with E-state index in [9.17, 15) is 23.6 Å². The fourth-order valence-electron chi connectivity index (χ4n) is 4.60. The van der Waals surface area contributed by atoms with Gasteiger partial charge in [-0.25, -0.2) is 13.8 Å². The minimum Gasteiger partial charge on any atom is -0.493 e. The largest absolute Gasteiger partial charge is 0.493 e. The van der Waals surface area contributed by atoms with Gasteiger partial charge in [0.15, 0.2) is 17.3 Å². The number of carbonyl (C=O) groups excluding carboxylic acids is 4. The van der Waals surface area contributed by atoms with E-state index in [2.05, 4.69) is 15.6 Å². The van der Waals surface area contributed by atoms with Gasteiger partial charge in [-0.2, -0.15) is 0 Å². The third-order valence-corrected chi connectivity index (χ3v) is 6.84. The Labute approximate surface area is 250 Å². The first kappa shape index (κ1) is 29.8. The SMILES string of the molecule is COc1cc2ccc(C(=O)c3ccc(NC(=O)C4=CN(CC(=O)Cc5ccc(F)cc5)CNC4=O)c(F)c3)nc2cc1OC. The number of Topliss-reactive ketones (excluding diaryl/α,β-unsaturated/α-hetero) is 1. The second-order valence-electron chi connectivity index (χ2n) is 9.87. The lowest BCUT2D eigenvalue weighted by Crippen LogP contribution is -2.45. The Balaban J connectivity index is 1.27. The van der Waals surface area contributed by atoms with E-state index < -0.39 is 29.2 Å². The molecule has 10 nitrogen and oxygen atoms in total. The third kappa shape index (κ3) is 6.54. The predicted molar refractivity (Wildman–Crippen MR) is 156 cm³/mol. The van der Waals surface area contributed by atoms with Crippen LogP contribution in [0.2, 0.25) is 0 Å². The molecule has 0 unspecified atom stereocenters. The fourth-order valence-corrected chi connectivity index (χ4v) is 4.60. The normalized spacial score (nSPS) is 12.8. The molecule has 224 valence electrons. The zero-order valence-corrected chi connectivity index (χ0v) is 23.6. The maximum atomic E-state index is 15.1. The lowest BCUT2D eigenvalue weighted by molar-refractivity contribution is -0.124. The van der Waals surface area contributed by atoms with E-state index in [1.165, 1.54) is 67.8 Å². The van der Waals surface area contributed by atoms with E-state index in [-0.39, 0.29) is 47.9 Å². The number of anilines is 1. The molecule has 0 radical (unpaired) electrons. The topological polar surface area (TPSA) is 127 Å². The van der Waals surface area contributed by atoms with Crippen molar-refractivity contribution in [3.8, 4) is 11.5 Å². The minimum absolute atomic E-state index is 0.00621. The Morgan fingerprint density at radius 2 is 1.68 bits per heavy atom. The van der Waals surface area contributed by atoms with Crippen molar-refractivity contribution in [3.63, 3.8) is 0 Å². The van der Waals surface area contributed by atoms with Crippen molar-refractivity contribution in [1.29, 1.82) is 0 Å². The molecular formula is C32H26F2N4O6. The molecule has 0 saturated heterocycles. The molecule has 2 heterocycles. The van der Waals surface area contributed by atoms with Crippen LogP contribution in [0.25, 0.3) is 10.9 Å². The monoisotopic (exact) mass is 600 g/mol. The predicted octanol–water partition coefficient (Wildman–Crippen LogP) is 3.78. The molecule has 0 atom stereocenters. The second kappa shape index (κ2) is 12.7. The van der Waals surface area contributed by atoms with Gasteiger partial charge in [0, 0.05) is 29.6 Å². The van der Waals surface area contributed by atoms with Crippen molar-refractivity contribution in [3.05, 3.63) is 107 Å². The van der Waals surface area contributed by atoms with Crippen molar-refractivity contribution >= 4 is 40.0 Å². The molecule has 12 heteroatoms. The van der Waals surface area contributed by atoms with Crippen molar-refractivity contribution in [1.82, 2.24) is 15.2 Å². The van der Waals surface area contributed by atoms with Crippen molar-refractivity contribution in [2.24, 2.45) is 0 Å². The quantitative estimate of drug-likeness (QED) is 0.208. The van der Waals surface area contributed by atoms with E-state index in [1.54, 1.807) is 18.2 Å². The first-order chi connectivity index (χ1) is 21.1. The number of amides is 2. The van der Waals surface area contributed by atoms with Crippen LogP contribution in [0.1, 0.15) is 21.6 Å². The van der Waals surface area contributed by atoms with Gasteiger partial charge in [-0.3, -0.25) is 19.2 Å². The second-order valence-corrected chi connectivity index (χ2v) is 9.87. The van der Waals surface area contributed by atoms with Crippen LogP contribution < -0.4 is 20.1 Å². The number of nitrogens with zero attached hydrogens (tertiary/aromatic N) is 2. The molecule has 2 amide bonds.